The Bertz CT molecular complexity index is 161. The predicted octanol–water partition coefficient (Wildman–Crippen LogP) is -0.532. The van der Waals surface area contributed by atoms with Gasteiger partial charge in [0, 0.05) is 25.7 Å². The van der Waals surface area contributed by atoms with Crippen molar-refractivity contribution >= 4 is 5.97 Å². The molecule has 12 heavy (non-hydrogen) atoms. The van der Waals surface area contributed by atoms with Gasteiger partial charge in [-0.25, -0.2) is 5.32 Å². The summed E-state index contributed by atoms with van der Waals surface area (Å²) >= 11 is 0. The van der Waals surface area contributed by atoms with Crippen molar-refractivity contribution in [3.63, 3.8) is 0 Å². The standard InChI is InChI=1S/C8H15N2O2/c1-10-4-3-9-7(6-10)5-8(11)12-2/h7H,3-6H2,1-2H3. The van der Waals surface area contributed by atoms with Gasteiger partial charge < -0.3 is 9.64 Å². The fourth-order valence-electron chi connectivity index (χ4n) is 1.32. The molecule has 1 aliphatic heterocycles. The molecule has 0 N–H and O–H groups in total. The van der Waals surface area contributed by atoms with Crippen molar-refractivity contribution in [2.24, 2.45) is 0 Å². The SMILES string of the molecule is COC(=O)CC1CN(C)CC[N]1. The van der Waals surface area contributed by atoms with Crippen LogP contribution >= 0.6 is 0 Å². The fraction of sp³-hybridized carbons (Fsp3) is 0.875. The van der Waals surface area contributed by atoms with Crippen molar-refractivity contribution < 1.29 is 9.53 Å². The summed E-state index contributed by atoms with van der Waals surface area (Å²) < 4.78 is 4.57. The van der Waals surface area contributed by atoms with E-state index in [9.17, 15) is 4.79 Å². The van der Waals surface area contributed by atoms with Crippen LogP contribution in [0, 0.1) is 0 Å². The van der Waals surface area contributed by atoms with E-state index in [0.29, 0.717) is 6.42 Å². The first-order valence-electron chi connectivity index (χ1n) is 4.14. The summed E-state index contributed by atoms with van der Waals surface area (Å²) in [6, 6.07) is 0.135. The van der Waals surface area contributed by atoms with Crippen LogP contribution in [0.25, 0.3) is 0 Å². The molecule has 1 rings (SSSR count). The molecule has 0 spiro atoms. The van der Waals surface area contributed by atoms with E-state index < -0.39 is 0 Å². The van der Waals surface area contributed by atoms with E-state index in [4.69, 9.17) is 0 Å². The zero-order valence-corrected chi connectivity index (χ0v) is 7.62. The Labute approximate surface area is 72.9 Å². The Balaban J connectivity index is 2.27. The maximum atomic E-state index is 10.9. The van der Waals surface area contributed by atoms with Gasteiger partial charge in [-0.15, -0.1) is 0 Å². The summed E-state index contributed by atoms with van der Waals surface area (Å²) in [6.07, 6.45) is 0.418. The third-order valence-electron chi connectivity index (χ3n) is 2.02. The molecule has 1 radical (unpaired) electrons. The van der Waals surface area contributed by atoms with Crippen LogP contribution in [0.5, 0.6) is 0 Å². The average molecular weight is 171 g/mol. The second-order valence-electron chi connectivity index (χ2n) is 3.10. The highest BCUT2D eigenvalue weighted by atomic mass is 16.5. The van der Waals surface area contributed by atoms with Crippen molar-refractivity contribution in [2.75, 3.05) is 33.8 Å². The lowest BCUT2D eigenvalue weighted by Gasteiger charge is -2.28. The number of carbonyl (C=O) groups is 1. The lowest BCUT2D eigenvalue weighted by Crippen LogP contribution is -2.45. The monoisotopic (exact) mass is 171 g/mol. The maximum Gasteiger partial charge on any atom is 0.307 e. The summed E-state index contributed by atoms with van der Waals surface area (Å²) in [4.78, 5) is 13.1. The Morgan fingerprint density at radius 2 is 2.50 bits per heavy atom. The summed E-state index contributed by atoms with van der Waals surface area (Å²) in [5.74, 6) is -0.168. The van der Waals surface area contributed by atoms with Gasteiger partial charge in [-0.3, -0.25) is 4.79 Å². The number of methoxy groups -OCH3 is 1. The summed E-state index contributed by atoms with van der Waals surface area (Å²) in [5.41, 5.74) is 0. The number of rotatable bonds is 2. The first-order chi connectivity index (χ1) is 5.72. The number of likely N-dealkylation sites (N-methyl/N-ethyl adjacent to an activating group) is 1. The molecule has 0 aromatic rings. The zero-order valence-electron chi connectivity index (χ0n) is 7.62. The third-order valence-corrected chi connectivity index (χ3v) is 2.02. The quantitative estimate of drug-likeness (QED) is 0.524. The molecule has 1 saturated heterocycles. The average Bonchev–Trinajstić information content (AvgIpc) is 2.04. The van der Waals surface area contributed by atoms with E-state index in [0.717, 1.165) is 19.6 Å². The van der Waals surface area contributed by atoms with Crippen LogP contribution in [-0.4, -0.2) is 50.7 Å². The van der Waals surface area contributed by atoms with Gasteiger partial charge >= 0.3 is 5.97 Å². The minimum Gasteiger partial charge on any atom is -0.469 e. The number of esters is 1. The van der Waals surface area contributed by atoms with E-state index >= 15 is 0 Å². The Kier molecular flexibility index (Phi) is 3.49. The summed E-state index contributed by atoms with van der Waals surface area (Å²) in [5, 5.41) is 4.33. The first kappa shape index (κ1) is 9.48. The molecule has 4 nitrogen and oxygen atoms in total. The zero-order chi connectivity index (χ0) is 8.97. The molecule has 0 aromatic carbocycles. The van der Waals surface area contributed by atoms with Crippen molar-refractivity contribution in [1.29, 1.82) is 0 Å². The smallest absolute Gasteiger partial charge is 0.307 e. The van der Waals surface area contributed by atoms with Crippen LogP contribution in [0.3, 0.4) is 0 Å². The molecule has 0 amide bonds. The van der Waals surface area contributed by atoms with Crippen LogP contribution in [0.1, 0.15) is 6.42 Å². The van der Waals surface area contributed by atoms with Crippen molar-refractivity contribution in [3.05, 3.63) is 0 Å². The van der Waals surface area contributed by atoms with Gasteiger partial charge in [0.2, 0.25) is 0 Å². The molecule has 69 valence electrons. The molecule has 0 saturated carbocycles. The molecular weight excluding hydrogens is 156 g/mol. The highest BCUT2D eigenvalue weighted by Gasteiger charge is 2.20. The highest BCUT2D eigenvalue weighted by Crippen LogP contribution is 2.02. The lowest BCUT2D eigenvalue weighted by molar-refractivity contribution is -0.141. The number of carbonyl (C=O) groups excluding carboxylic acids is 1. The van der Waals surface area contributed by atoms with Crippen LogP contribution in [0.2, 0.25) is 0 Å². The van der Waals surface area contributed by atoms with Gasteiger partial charge in [-0.1, -0.05) is 0 Å². The summed E-state index contributed by atoms with van der Waals surface area (Å²) in [6.45, 7) is 2.70. The molecule has 1 fully saturated rings. The van der Waals surface area contributed by atoms with Gasteiger partial charge in [-0.2, -0.15) is 0 Å². The number of hydrogen-bond acceptors (Lipinski definition) is 3. The normalized spacial score (nSPS) is 25.3. The van der Waals surface area contributed by atoms with E-state index in [1.165, 1.54) is 7.11 Å². The summed E-state index contributed by atoms with van der Waals surface area (Å²) in [7, 11) is 3.45. The van der Waals surface area contributed by atoms with Crippen LogP contribution < -0.4 is 5.32 Å². The van der Waals surface area contributed by atoms with Crippen LogP contribution in [-0.2, 0) is 9.53 Å². The Morgan fingerprint density at radius 1 is 1.75 bits per heavy atom. The van der Waals surface area contributed by atoms with Crippen molar-refractivity contribution in [2.45, 2.75) is 12.5 Å². The van der Waals surface area contributed by atoms with E-state index in [-0.39, 0.29) is 12.0 Å². The minimum atomic E-state index is -0.168. The number of nitrogens with zero attached hydrogens (tertiary/aromatic N) is 2. The van der Waals surface area contributed by atoms with Gasteiger partial charge in [-0.05, 0) is 7.05 Å². The van der Waals surface area contributed by atoms with Gasteiger partial charge in [0.05, 0.1) is 13.5 Å². The molecule has 0 aliphatic carbocycles. The number of piperazine rings is 1. The number of hydrogen-bond donors (Lipinski definition) is 0. The second kappa shape index (κ2) is 4.42. The predicted molar refractivity (Wildman–Crippen MR) is 44.9 cm³/mol. The van der Waals surface area contributed by atoms with E-state index in [1.807, 2.05) is 7.05 Å². The van der Waals surface area contributed by atoms with Crippen LogP contribution in [0.15, 0.2) is 0 Å². The molecular formula is C8H15N2O2. The Hall–Kier alpha value is -0.610. The van der Waals surface area contributed by atoms with Crippen LogP contribution in [0.4, 0.5) is 0 Å². The fourth-order valence-corrected chi connectivity index (χ4v) is 1.32. The topological polar surface area (TPSA) is 43.6 Å². The van der Waals surface area contributed by atoms with E-state index in [2.05, 4.69) is 15.0 Å². The molecule has 1 unspecified atom stereocenters. The highest BCUT2D eigenvalue weighted by molar-refractivity contribution is 5.69. The third kappa shape index (κ3) is 2.79. The van der Waals surface area contributed by atoms with Gasteiger partial charge in [0.25, 0.3) is 0 Å². The van der Waals surface area contributed by atoms with Gasteiger partial charge in [0.15, 0.2) is 0 Å². The minimum absolute atomic E-state index is 0.135. The lowest BCUT2D eigenvalue weighted by atomic mass is 10.1. The molecule has 1 heterocycles. The molecule has 0 aromatic heterocycles. The first-order valence-corrected chi connectivity index (χ1v) is 4.14. The van der Waals surface area contributed by atoms with Gasteiger partial charge in [0.1, 0.15) is 0 Å². The molecule has 1 aliphatic rings. The van der Waals surface area contributed by atoms with Crippen molar-refractivity contribution in [3.8, 4) is 0 Å². The Morgan fingerprint density at radius 3 is 3.08 bits per heavy atom. The largest absolute Gasteiger partial charge is 0.469 e. The number of ether oxygens (including phenoxy) is 1. The molecule has 0 bridgehead atoms. The van der Waals surface area contributed by atoms with Crippen molar-refractivity contribution in [1.82, 2.24) is 10.2 Å². The van der Waals surface area contributed by atoms with E-state index in [1.54, 1.807) is 0 Å². The second-order valence-corrected chi connectivity index (χ2v) is 3.10. The maximum absolute atomic E-state index is 10.9. The molecule has 4 heteroatoms. The molecule has 1 atom stereocenters.